The van der Waals surface area contributed by atoms with Gasteiger partial charge in [0.1, 0.15) is 5.82 Å². The molecule has 1 saturated carbocycles. The van der Waals surface area contributed by atoms with Gasteiger partial charge in [-0.1, -0.05) is 29.8 Å². The van der Waals surface area contributed by atoms with E-state index in [1.807, 2.05) is 32.0 Å². The summed E-state index contributed by atoms with van der Waals surface area (Å²) in [6.45, 7) is 8.24. The molecule has 0 saturated heterocycles. The number of aliphatic carboxylic acids is 1. The van der Waals surface area contributed by atoms with Crippen molar-refractivity contribution in [2.75, 3.05) is 0 Å². The van der Waals surface area contributed by atoms with Crippen LogP contribution in [-0.4, -0.2) is 20.6 Å². The number of carboxylic acid groups (broad SMARTS) is 1. The Bertz CT molecular complexity index is 733. The number of rotatable bonds is 3. The first-order chi connectivity index (χ1) is 9.75. The Hall–Kier alpha value is -1.36. The zero-order valence-electron chi connectivity index (χ0n) is 12.6. The van der Waals surface area contributed by atoms with E-state index in [0.717, 1.165) is 21.3 Å². The predicted molar refractivity (Wildman–Crippen MR) is 85.5 cm³/mol. The van der Waals surface area contributed by atoms with Crippen LogP contribution in [0.15, 0.2) is 22.7 Å². The van der Waals surface area contributed by atoms with Crippen molar-refractivity contribution in [1.29, 1.82) is 0 Å². The second kappa shape index (κ2) is 4.57. The third-order valence-electron chi connectivity index (χ3n) is 4.57. The van der Waals surface area contributed by atoms with E-state index >= 15 is 0 Å². The van der Waals surface area contributed by atoms with Crippen molar-refractivity contribution in [1.82, 2.24) is 9.55 Å². The highest BCUT2D eigenvalue weighted by Crippen LogP contribution is 2.64. The van der Waals surface area contributed by atoms with Crippen LogP contribution >= 0.6 is 15.9 Å². The van der Waals surface area contributed by atoms with Gasteiger partial charge >= 0.3 is 5.97 Å². The first-order valence-corrected chi connectivity index (χ1v) is 7.94. The van der Waals surface area contributed by atoms with Crippen molar-refractivity contribution in [3.05, 3.63) is 28.5 Å². The highest BCUT2D eigenvalue weighted by molar-refractivity contribution is 9.10. The molecule has 0 bridgehead atoms. The molecule has 0 radical (unpaired) electrons. The van der Waals surface area contributed by atoms with Gasteiger partial charge in [-0.3, -0.25) is 4.79 Å². The summed E-state index contributed by atoms with van der Waals surface area (Å²) in [7, 11) is 0. The van der Waals surface area contributed by atoms with Gasteiger partial charge in [-0.05, 0) is 37.5 Å². The van der Waals surface area contributed by atoms with E-state index in [0.29, 0.717) is 0 Å². The highest BCUT2D eigenvalue weighted by Gasteiger charge is 2.64. The number of nitrogens with zero attached hydrogens (tertiary/aromatic N) is 2. The Kier molecular flexibility index (Phi) is 3.17. The number of fused-ring (bicyclic) bond motifs is 1. The average Bonchev–Trinajstić information content (AvgIpc) is 2.76. The third kappa shape index (κ3) is 2.09. The van der Waals surface area contributed by atoms with Crippen molar-refractivity contribution in [3.8, 4) is 0 Å². The Labute approximate surface area is 132 Å². The van der Waals surface area contributed by atoms with Crippen molar-refractivity contribution < 1.29 is 9.90 Å². The molecule has 112 valence electrons. The molecule has 5 heteroatoms. The molecule has 2 aromatic rings. The quantitative estimate of drug-likeness (QED) is 0.902. The molecule has 1 aliphatic rings. The van der Waals surface area contributed by atoms with E-state index in [4.69, 9.17) is 4.98 Å². The van der Waals surface area contributed by atoms with Gasteiger partial charge < -0.3 is 9.67 Å². The molecule has 1 aliphatic carbocycles. The van der Waals surface area contributed by atoms with Crippen molar-refractivity contribution in [2.45, 2.75) is 39.7 Å². The Morgan fingerprint density at radius 1 is 1.43 bits per heavy atom. The largest absolute Gasteiger partial charge is 0.481 e. The summed E-state index contributed by atoms with van der Waals surface area (Å²) in [6, 6.07) is 6.28. The number of carboxylic acids is 1. The van der Waals surface area contributed by atoms with Crippen LogP contribution in [-0.2, 0) is 4.79 Å². The first kappa shape index (κ1) is 14.6. The normalized spacial score (nSPS) is 23.7. The maximum absolute atomic E-state index is 11.5. The fourth-order valence-electron chi connectivity index (χ4n) is 3.43. The van der Waals surface area contributed by atoms with Gasteiger partial charge in [0.25, 0.3) is 0 Å². The van der Waals surface area contributed by atoms with E-state index in [1.165, 1.54) is 0 Å². The summed E-state index contributed by atoms with van der Waals surface area (Å²) < 4.78 is 3.16. The van der Waals surface area contributed by atoms with Crippen molar-refractivity contribution in [2.24, 2.45) is 11.3 Å². The lowest BCUT2D eigenvalue weighted by molar-refractivity contribution is -0.139. The van der Waals surface area contributed by atoms with E-state index in [2.05, 4.69) is 34.3 Å². The van der Waals surface area contributed by atoms with Gasteiger partial charge in [0.15, 0.2) is 0 Å². The van der Waals surface area contributed by atoms with Gasteiger partial charge in [0, 0.05) is 16.4 Å². The van der Waals surface area contributed by atoms with Crippen molar-refractivity contribution in [3.63, 3.8) is 0 Å². The lowest BCUT2D eigenvalue weighted by atomic mass is 10.1. The Balaban J connectivity index is 2.19. The molecule has 1 aromatic heterocycles. The van der Waals surface area contributed by atoms with Gasteiger partial charge in [0.05, 0.1) is 17.0 Å². The Morgan fingerprint density at radius 2 is 2.10 bits per heavy atom. The molecule has 21 heavy (non-hydrogen) atoms. The van der Waals surface area contributed by atoms with E-state index < -0.39 is 5.97 Å². The number of imidazole rings is 1. The van der Waals surface area contributed by atoms with Gasteiger partial charge in [-0.15, -0.1) is 0 Å². The standard InChI is InChI=1S/C16H19BrN2O2/c1-8(2)19-11-6-5-9(17)7-10(11)18-14(19)12-13(15(20)21)16(12,3)4/h5-8,12-13H,1-4H3,(H,20,21). The molecule has 3 rings (SSSR count). The number of hydrogen-bond donors (Lipinski definition) is 1. The molecular weight excluding hydrogens is 332 g/mol. The van der Waals surface area contributed by atoms with Crippen LogP contribution in [0.5, 0.6) is 0 Å². The minimum absolute atomic E-state index is 0.0245. The number of carbonyl (C=O) groups is 1. The molecule has 0 spiro atoms. The molecule has 1 heterocycles. The summed E-state index contributed by atoms with van der Waals surface area (Å²) in [5, 5.41) is 9.42. The zero-order valence-corrected chi connectivity index (χ0v) is 14.2. The smallest absolute Gasteiger partial charge is 0.307 e. The predicted octanol–water partition coefficient (Wildman–Crippen LogP) is 4.20. The summed E-state index contributed by atoms with van der Waals surface area (Å²) in [4.78, 5) is 16.2. The second-order valence-electron chi connectivity index (χ2n) is 6.68. The minimum atomic E-state index is -0.728. The Morgan fingerprint density at radius 3 is 2.62 bits per heavy atom. The maximum Gasteiger partial charge on any atom is 0.307 e. The molecule has 0 aliphatic heterocycles. The monoisotopic (exact) mass is 350 g/mol. The van der Waals surface area contributed by atoms with Crippen LogP contribution in [0.3, 0.4) is 0 Å². The SMILES string of the molecule is CC(C)n1c(C2C(C(=O)O)C2(C)C)nc2cc(Br)ccc21. The first-order valence-electron chi connectivity index (χ1n) is 7.15. The second-order valence-corrected chi connectivity index (χ2v) is 7.60. The van der Waals surface area contributed by atoms with Crippen LogP contribution in [0.1, 0.15) is 45.5 Å². The topological polar surface area (TPSA) is 55.1 Å². The lowest BCUT2D eigenvalue weighted by Gasteiger charge is -2.13. The van der Waals surface area contributed by atoms with Crippen LogP contribution < -0.4 is 0 Å². The van der Waals surface area contributed by atoms with Gasteiger partial charge in [0.2, 0.25) is 0 Å². The van der Waals surface area contributed by atoms with Gasteiger partial charge in [-0.2, -0.15) is 0 Å². The molecule has 1 aromatic carbocycles. The average molecular weight is 351 g/mol. The maximum atomic E-state index is 11.5. The number of benzene rings is 1. The third-order valence-corrected chi connectivity index (χ3v) is 5.06. The summed E-state index contributed by atoms with van der Waals surface area (Å²) >= 11 is 3.47. The summed E-state index contributed by atoms with van der Waals surface area (Å²) in [6.07, 6.45) is 0. The minimum Gasteiger partial charge on any atom is -0.481 e. The molecule has 2 unspecified atom stereocenters. The number of halogens is 1. The number of aromatic nitrogens is 2. The van der Waals surface area contributed by atoms with Crippen LogP contribution in [0.25, 0.3) is 11.0 Å². The van der Waals surface area contributed by atoms with Crippen LogP contribution in [0, 0.1) is 11.3 Å². The van der Waals surface area contributed by atoms with E-state index in [-0.39, 0.29) is 23.3 Å². The van der Waals surface area contributed by atoms with E-state index in [1.54, 1.807) is 0 Å². The fourth-order valence-corrected chi connectivity index (χ4v) is 3.78. The highest BCUT2D eigenvalue weighted by atomic mass is 79.9. The van der Waals surface area contributed by atoms with Crippen LogP contribution in [0.2, 0.25) is 0 Å². The van der Waals surface area contributed by atoms with E-state index in [9.17, 15) is 9.90 Å². The summed E-state index contributed by atoms with van der Waals surface area (Å²) in [5.41, 5.74) is 1.74. The van der Waals surface area contributed by atoms with Crippen molar-refractivity contribution >= 4 is 32.9 Å². The molecule has 2 atom stereocenters. The van der Waals surface area contributed by atoms with Crippen LogP contribution in [0.4, 0.5) is 0 Å². The zero-order chi connectivity index (χ0) is 15.5. The molecule has 0 amide bonds. The fraction of sp³-hybridized carbons (Fsp3) is 0.500. The molecule has 4 nitrogen and oxygen atoms in total. The molecular formula is C16H19BrN2O2. The van der Waals surface area contributed by atoms with Gasteiger partial charge in [-0.25, -0.2) is 4.98 Å². The number of hydrogen-bond acceptors (Lipinski definition) is 2. The molecule has 1 N–H and O–H groups in total. The summed E-state index contributed by atoms with van der Waals surface area (Å²) in [5.74, 6) is -0.206. The molecule has 1 fully saturated rings. The lowest BCUT2D eigenvalue weighted by Crippen LogP contribution is -2.08.